The molecular formula is C10H13ClF3NO. The Morgan fingerprint density at radius 2 is 1.75 bits per heavy atom. The molecule has 0 aliphatic heterocycles. The van der Waals surface area contributed by atoms with E-state index < -0.39 is 17.8 Å². The zero-order valence-corrected chi connectivity index (χ0v) is 9.44. The number of nitrogens with two attached hydrogens (primary N) is 1. The summed E-state index contributed by atoms with van der Waals surface area (Å²) in [5.41, 5.74) is 5.62. The SMILES string of the molecule is COC[C@H](N)c1ccc(C(F)(F)F)cc1.Cl. The maximum absolute atomic E-state index is 12.2. The topological polar surface area (TPSA) is 35.2 Å². The number of methoxy groups -OCH3 is 1. The van der Waals surface area contributed by atoms with Crippen molar-refractivity contribution in [2.75, 3.05) is 13.7 Å². The molecule has 0 heterocycles. The molecule has 0 bridgehead atoms. The quantitative estimate of drug-likeness (QED) is 0.901. The van der Waals surface area contributed by atoms with E-state index in [4.69, 9.17) is 10.5 Å². The van der Waals surface area contributed by atoms with Gasteiger partial charge in [-0.05, 0) is 17.7 Å². The Morgan fingerprint density at radius 3 is 2.12 bits per heavy atom. The summed E-state index contributed by atoms with van der Waals surface area (Å²) in [6, 6.07) is 4.38. The monoisotopic (exact) mass is 255 g/mol. The molecule has 0 radical (unpaired) electrons. The molecule has 0 aromatic heterocycles. The highest BCUT2D eigenvalue weighted by molar-refractivity contribution is 5.85. The van der Waals surface area contributed by atoms with E-state index >= 15 is 0 Å². The molecule has 1 atom stereocenters. The van der Waals surface area contributed by atoms with Crippen LogP contribution in [0.3, 0.4) is 0 Å². The highest BCUT2D eigenvalue weighted by atomic mass is 35.5. The van der Waals surface area contributed by atoms with Crippen LogP contribution >= 0.6 is 12.4 Å². The summed E-state index contributed by atoms with van der Waals surface area (Å²) >= 11 is 0. The van der Waals surface area contributed by atoms with Crippen molar-refractivity contribution in [3.63, 3.8) is 0 Å². The fraction of sp³-hybridized carbons (Fsp3) is 0.400. The molecule has 16 heavy (non-hydrogen) atoms. The van der Waals surface area contributed by atoms with Crippen molar-refractivity contribution < 1.29 is 17.9 Å². The first-order valence-electron chi connectivity index (χ1n) is 4.37. The highest BCUT2D eigenvalue weighted by Crippen LogP contribution is 2.29. The van der Waals surface area contributed by atoms with Crippen LogP contribution in [0.4, 0.5) is 13.2 Å². The third-order valence-corrected chi connectivity index (χ3v) is 2.01. The summed E-state index contributed by atoms with van der Waals surface area (Å²) in [7, 11) is 1.49. The maximum Gasteiger partial charge on any atom is 0.416 e. The number of hydrogen-bond acceptors (Lipinski definition) is 2. The summed E-state index contributed by atoms with van der Waals surface area (Å²) in [5, 5.41) is 0. The normalized spacial score (nSPS) is 13.1. The molecule has 0 amide bonds. The molecule has 92 valence electrons. The third kappa shape index (κ3) is 4.00. The number of ether oxygens (including phenoxy) is 1. The van der Waals surface area contributed by atoms with Crippen LogP contribution in [-0.4, -0.2) is 13.7 Å². The predicted octanol–water partition coefficient (Wildman–Crippen LogP) is 2.77. The van der Waals surface area contributed by atoms with E-state index in [2.05, 4.69) is 0 Å². The molecule has 6 heteroatoms. The van der Waals surface area contributed by atoms with Crippen molar-refractivity contribution >= 4 is 12.4 Å². The lowest BCUT2D eigenvalue weighted by atomic mass is 10.1. The van der Waals surface area contributed by atoms with Crippen LogP contribution in [0.5, 0.6) is 0 Å². The number of halogens is 4. The van der Waals surface area contributed by atoms with Crippen molar-refractivity contribution in [1.29, 1.82) is 0 Å². The molecule has 2 nitrogen and oxygen atoms in total. The minimum atomic E-state index is -4.30. The maximum atomic E-state index is 12.2. The Kier molecular flexibility index (Phi) is 5.78. The summed E-state index contributed by atoms with van der Waals surface area (Å²) in [4.78, 5) is 0. The molecule has 1 aromatic carbocycles. The van der Waals surface area contributed by atoms with Gasteiger partial charge in [0.15, 0.2) is 0 Å². The number of rotatable bonds is 3. The van der Waals surface area contributed by atoms with Gasteiger partial charge in [-0.2, -0.15) is 13.2 Å². The largest absolute Gasteiger partial charge is 0.416 e. The Morgan fingerprint density at radius 1 is 1.25 bits per heavy atom. The highest BCUT2D eigenvalue weighted by Gasteiger charge is 2.30. The number of benzene rings is 1. The fourth-order valence-corrected chi connectivity index (χ4v) is 1.20. The van der Waals surface area contributed by atoms with Gasteiger partial charge in [0.05, 0.1) is 18.2 Å². The van der Waals surface area contributed by atoms with Gasteiger partial charge in [-0.1, -0.05) is 12.1 Å². The van der Waals surface area contributed by atoms with Crippen LogP contribution in [0.1, 0.15) is 17.2 Å². The molecule has 0 aliphatic rings. The molecule has 0 aliphatic carbocycles. The second kappa shape index (κ2) is 6.08. The molecule has 0 unspecified atom stereocenters. The molecule has 0 fully saturated rings. The molecule has 1 rings (SSSR count). The standard InChI is InChI=1S/C10H12F3NO.ClH/c1-15-6-9(14)7-2-4-8(5-3-7)10(11,12)13;/h2-5,9H,6,14H2,1H3;1H/t9-;/m0./s1. The molecule has 2 N–H and O–H groups in total. The Hall–Kier alpha value is -0.780. The van der Waals surface area contributed by atoms with Gasteiger partial charge in [-0.25, -0.2) is 0 Å². The van der Waals surface area contributed by atoms with E-state index in [0.29, 0.717) is 5.56 Å². The Labute approximate surface area is 98.0 Å². The van der Waals surface area contributed by atoms with Crippen LogP contribution in [0.15, 0.2) is 24.3 Å². The molecule has 0 saturated heterocycles. The second-order valence-corrected chi connectivity index (χ2v) is 3.18. The number of alkyl halides is 3. The van der Waals surface area contributed by atoms with Crippen molar-refractivity contribution in [1.82, 2.24) is 0 Å². The van der Waals surface area contributed by atoms with Crippen LogP contribution in [0.2, 0.25) is 0 Å². The lowest BCUT2D eigenvalue weighted by Crippen LogP contribution is -2.16. The Bertz CT molecular complexity index is 313. The van der Waals surface area contributed by atoms with Crippen molar-refractivity contribution in [3.05, 3.63) is 35.4 Å². The van der Waals surface area contributed by atoms with Crippen molar-refractivity contribution in [3.8, 4) is 0 Å². The zero-order valence-electron chi connectivity index (χ0n) is 8.62. The zero-order chi connectivity index (χ0) is 11.5. The Balaban J connectivity index is 0.00000225. The average molecular weight is 256 g/mol. The molecular weight excluding hydrogens is 243 g/mol. The fourth-order valence-electron chi connectivity index (χ4n) is 1.20. The van der Waals surface area contributed by atoms with Crippen LogP contribution in [-0.2, 0) is 10.9 Å². The van der Waals surface area contributed by atoms with Crippen LogP contribution < -0.4 is 5.73 Å². The smallest absolute Gasteiger partial charge is 0.383 e. The summed E-state index contributed by atoms with van der Waals surface area (Å²) < 4.78 is 41.4. The first-order valence-corrected chi connectivity index (χ1v) is 4.37. The van der Waals surface area contributed by atoms with Gasteiger partial charge in [0.25, 0.3) is 0 Å². The van der Waals surface area contributed by atoms with Crippen LogP contribution in [0.25, 0.3) is 0 Å². The summed E-state index contributed by atoms with van der Waals surface area (Å²) in [6.07, 6.45) is -4.30. The number of hydrogen-bond donors (Lipinski definition) is 1. The van der Waals surface area contributed by atoms with Gasteiger partial charge in [-0.3, -0.25) is 0 Å². The van der Waals surface area contributed by atoms with E-state index in [0.717, 1.165) is 12.1 Å². The van der Waals surface area contributed by atoms with Gasteiger partial charge in [0.2, 0.25) is 0 Å². The third-order valence-electron chi connectivity index (χ3n) is 2.01. The van der Waals surface area contributed by atoms with E-state index in [1.165, 1.54) is 19.2 Å². The van der Waals surface area contributed by atoms with E-state index in [1.807, 2.05) is 0 Å². The summed E-state index contributed by atoms with van der Waals surface area (Å²) in [6.45, 7) is 0.283. The van der Waals surface area contributed by atoms with E-state index in [9.17, 15) is 13.2 Å². The lowest BCUT2D eigenvalue weighted by Gasteiger charge is -2.12. The second-order valence-electron chi connectivity index (χ2n) is 3.18. The van der Waals surface area contributed by atoms with E-state index in [1.54, 1.807) is 0 Å². The minimum absolute atomic E-state index is 0. The first kappa shape index (κ1) is 15.2. The molecule has 0 spiro atoms. The van der Waals surface area contributed by atoms with Crippen molar-refractivity contribution in [2.24, 2.45) is 5.73 Å². The molecule has 1 aromatic rings. The lowest BCUT2D eigenvalue weighted by molar-refractivity contribution is -0.137. The average Bonchev–Trinajstić information content (AvgIpc) is 2.17. The van der Waals surface area contributed by atoms with Gasteiger partial charge in [0.1, 0.15) is 0 Å². The van der Waals surface area contributed by atoms with Crippen molar-refractivity contribution in [2.45, 2.75) is 12.2 Å². The van der Waals surface area contributed by atoms with Gasteiger partial charge in [0, 0.05) is 7.11 Å². The minimum Gasteiger partial charge on any atom is -0.383 e. The van der Waals surface area contributed by atoms with Crippen LogP contribution in [0, 0.1) is 0 Å². The first-order chi connectivity index (χ1) is 6.95. The van der Waals surface area contributed by atoms with Gasteiger partial charge in [-0.15, -0.1) is 12.4 Å². The summed E-state index contributed by atoms with van der Waals surface area (Å²) in [5.74, 6) is 0. The predicted molar refractivity (Wildman–Crippen MR) is 57.5 cm³/mol. The van der Waals surface area contributed by atoms with Gasteiger partial charge < -0.3 is 10.5 Å². The van der Waals surface area contributed by atoms with Gasteiger partial charge >= 0.3 is 6.18 Å². The molecule has 0 saturated carbocycles. The van der Waals surface area contributed by atoms with E-state index in [-0.39, 0.29) is 19.0 Å².